The average Bonchev–Trinajstić information content (AvgIpc) is 2.96. The molecule has 0 aliphatic carbocycles. The Bertz CT molecular complexity index is 615. The van der Waals surface area contributed by atoms with E-state index in [-0.39, 0.29) is 12.0 Å². The van der Waals surface area contributed by atoms with E-state index in [1.807, 2.05) is 23.3 Å². The fraction of sp³-hybridized carbons (Fsp3) is 0.462. The maximum Gasteiger partial charge on any atom is 0.330 e. The molecule has 0 saturated carbocycles. The van der Waals surface area contributed by atoms with E-state index < -0.39 is 0 Å². The summed E-state index contributed by atoms with van der Waals surface area (Å²) in [5, 5.41) is 6.22. The fourth-order valence-electron chi connectivity index (χ4n) is 2.41. The van der Waals surface area contributed by atoms with Crippen LogP contribution in [0, 0.1) is 0 Å². The molecule has 1 atom stereocenters. The van der Waals surface area contributed by atoms with Crippen LogP contribution in [0.15, 0.2) is 17.8 Å². The van der Waals surface area contributed by atoms with Crippen LogP contribution in [-0.4, -0.2) is 48.2 Å². The minimum absolute atomic E-state index is 0.207. The highest BCUT2D eigenvalue weighted by Crippen LogP contribution is 2.28. The van der Waals surface area contributed by atoms with Crippen molar-refractivity contribution in [3.8, 4) is 0 Å². The highest BCUT2D eigenvalue weighted by molar-refractivity contribution is 7.16. The van der Waals surface area contributed by atoms with Gasteiger partial charge >= 0.3 is 5.97 Å². The van der Waals surface area contributed by atoms with Crippen LogP contribution < -0.4 is 10.2 Å². The normalized spacial score (nSPS) is 19.2. The molecule has 1 saturated heterocycles. The molecule has 0 radical (unpaired) electrons. The minimum atomic E-state index is -0.332. The van der Waals surface area contributed by atoms with Gasteiger partial charge in [-0.1, -0.05) is 0 Å². The number of rotatable bonds is 3. The number of hydrogen-bond donors (Lipinski definition) is 1. The standard InChI is InChI=1S/C13H16N4O2S/c1-2-19-13(18)10-7-14-4-5-17(10)11-9-3-6-20-12(9)16-8-15-11/h3,6,8,10,14H,2,4-5,7H2,1H3. The van der Waals surface area contributed by atoms with Gasteiger partial charge in [-0.05, 0) is 18.4 Å². The number of carbonyl (C=O) groups excluding carboxylic acids is 1. The van der Waals surface area contributed by atoms with E-state index in [9.17, 15) is 4.79 Å². The summed E-state index contributed by atoms with van der Waals surface area (Å²) in [6.45, 7) is 4.34. The van der Waals surface area contributed by atoms with Gasteiger partial charge < -0.3 is 15.0 Å². The van der Waals surface area contributed by atoms with E-state index in [1.165, 1.54) is 0 Å². The van der Waals surface area contributed by atoms with Crippen LogP contribution >= 0.6 is 11.3 Å². The highest BCUT2D eigenvalue weighted by Gasteiger charge is 2.31. The number of hydrogen-bond acceptors (Lipinski definition) is 7. The van der Waals surface area contributed by atoms with Gasteiger partial charge in [0, 0.05) is 19.6 Å². The zero-order valence-electron chi connectivity index (χ0n) is 11.2. The van der Waals surface area contributed by atoms with Crippen molar-refractivity contribution in [2.75, 3.05) is 31.1 Å². The maximum absolute atomic E-state index is 12.1. The molecule has 1 fully saturated rings. The van der Waals surface area contributed by atoms with Gasteiger partial charge in [0.25, 0.3) is 0 Å². The van der Waals surface area contributed by atoms with Crippen LogP contribution in [0.4, 0.5) is 5.82 Å². The summed E-state index contributed by atoms with van der Waals surface area (Å²) in [7, 11) is 0. The van der Waals surface area contributed by atoms with E-state index in [0.717, 1.165) is 29.1 Å². The van der Waals surface area contributed by atoms with Crippen LogP contribution in [0.3, 0.4) is 0 Å². The first-order chi connectivity index (χ1) is 9.81. The van der Waals surface area contributed by atoms with E-state index in [1.54, 1.807) is 17.7 Å². The van der Waals surface area contributed by atoms with Gasteiger partial charge in [0.1, 0.15) is 23.0 Å². The Hall–Kier alpha value is -1.73. The third kappa shape index (κ3) is 2.34. The first kappa shape index (κ1) is 13.3. The molecule has 0 bridgehead atoms. The molecule has 1 N–H and O–H groups in total. The Morgan fingerprint density at radius 2 is 2.50 bits per heavy atom. The molecule has 2 aromatic heterocycles. The summed E-state index contributed by atoms with van der Waals surface area (Å²) in [6.07, 6.45) is 1.55. The van der Waals surface area contributed by atoms with Gasteiger partial charge in [-0.25, -0.2) is 14.8 Å². The summed E-state index contributed by atoms with van der Waals surface area (Å²) in [4.78, 5) is 23.7. The zero-order valence-corrected chi connectivity index (χ0v) is 12.0. The number of aromatic nitrogens is 2. The minimum Gasteiger partial charge on any atom is -0.464 e. The SMILES string of the molecule is CCOC(=O)C1CNCCN1c1ncnc2sccc12. The average molecular weight is 292 g/mol. The molecule has 1 aliphatic heterocycles. The molecule has 0 amide bonds. The number of ether oxygens (including phenoxy) is 1. The van der Waals surface area contributed by atoms with Crippen LogP contribution in [0.1, 0.15) is 6.92 Å². The molecular formula is C13H16N4O2S. The number of piperazine rings is 1. The fourth-order valence-corrected chi connectivity index (χ4v) is 3.14. The topological polar surface area (TPSA) is 67.3 Å². The predicted molar refractivity (Wildman–Crippen MR) is 78.1 cm³/mol. The van der Waals surface area contributed by atoms with E-state index in [2.05, 4.69) is 15.3 Å². The number of fused-ring (bicyclic) bond motifs is 1. The first-order valence-corrected chi connectivity index (χ1v) is 7.51. The van der Waals surface area contributed by atoms with Gasteiger partial charge in [-0.3, -0.25) is 0 Å². The summed E-state index contributed by atoms with van der Waals surface area (Å²) in [6, 6.07) is 1.67. The van der Waals surface area contributed by atoms with E-state index >= 15 is 0 Å². The van der Waals surface area contributed by atoms with Crippen LogP contribution in [-0.2, 0) is 9.53 Å². The molecule has 0 spiro atoms. The lowest BCUT2D eigenvalue weighted by Gasteiger charge is -2.35. The lowest BCUT2D eigenvalue weighted by Crippen LogP contribution is -2.56. The van der Waals surface area contributed by atoms with E-state index in [4.69, 9.17) is 4.74 Å². The Kier molecular flexibility index (Phi) is 3.79. The molecule has 20 heavy (non-hydrogen) atoms. The number of nitrogens with zero attached hydrogens (tertiary/aromatic N) is 3. The molecule has 7 heteroatoms. The Balaban J connectivity index is 1.97. The van der Waals surface area contributed by atoms with Crippen LogP contribution in [0.5, 0.6) is 0 Å². The lowest BCUT2D eigenvalue weighted by molar-refractivity contribution is -0.144. The zero-order chi connectivity index (χ0) is 13.9. The van der Waals surface area contributed by atoms with Gasteiger partial charge in [0.15, 0.2) is 0 Å². The molecular weight excluding hydrogens is 276 g/mol. The molecule has 0 aromatic carbocycles. The van der Waals surface area contributed by atoms with Crippen molar-refractivity contribution < 1.29 is 9.53 Å². The summed E-state index contributed by atoms with van der Waals surface area (Å²) in [5.74, 6) is 0.609. The van der Waals surface area contributed by atoms with Gasteiger partial charge in [0.2, 0.25) is 0 Å². The van der Waals surface area contributed by atoms with Crippen molar-refractivity contribution in [1.29, 1.82) is 0 Å². The van der Waals surface area contributed by atoms with Crippen LogP contribution in [0.25, 0.3) is 10.2 Å². The number of carbonyl (C=O) groups is 1. The number of esters is 1. The third-order valence-corrected chi connectivity index (χ3v) is 4.14. The highest BCUT2D eigenvalue weighted by atomic mass is 32.1. The molecule has 1 aliphatic rings. The second-order valence-electron chi connectivity index (χ2n) is 4.50. The van der Waals surface area contributed by atoms with Crippen molar-refractivity contribution in [2.45, 2.75) is 13.0 Å². The maximum atomic E-state index is 12.1. The smallest absolute Gasteiger partial charge is 0.330 e. The van der Waals surface area contributed by atoms with Crippen molar-refractivity contribution >= 4 is 33.3 Å². The molecule has 6 nitrogen and oxygen atoms in total. The number of thiophene rings is 1. The van der Waals surface area contributed by atoms with Gasteiger partial charge in [0.05, 0.1) is 12.0 Å². The second kappa shape index (κ2) is 5.72. The quantitative estimate of drug-likeness (QED) is 0.852. The lowest BCUT2D eigenvalue weighted by atomic mass is 10.2. The summed E-state index contributed by atoms with van der Waals surface area (Å²) >= 11 is 1.58. The van der Waals surface area contributed by atoms with Crippen molar-refractivity contribution in [1.82, 2.24) is 15.3 Å². The third-order valence-electron chi connectivity index (χ3n) is 3.31. The largest absolute Gasteiger partial charge is 0.464 e. The molecule has 3 rings (SSSR count). The summed E-state index contributed by atoms with van der Waals surface area (Å²) in [5.41, 5.74) is 0. The Morgan fingerprint density at radius 3 is 3.35 bits per heavy atom. The first-order valence-electron chi connectivity index (χ1n) is 6.63. The molecule has 106 valence electrons. The monoisotopic (exact) mass is 292 g/mol. The van der Waals surface area contributed by atoms with Crippen molar-refractivity contribution in [3.63, 3.8) is 0 Å². The molecule has 2 aromatic rings. The van der Waals surface area contributed by atoms with Crippen LogP contribution in [0.2, 0.25) is 0 Å². The van der Waals surface area contributed by atoms with Gasteiger partial charge in [-0.15, -0.1) is 11.3 Å². The summed E-state index contributed by atoms with van der Waals surface area (Å²) < 4.78 is 5.17. The number of anilines is 1. The Labute approximate surface area is 120 Å². The van der Waals surface area contributed by atoms with E-state index in [0.29, 0.717) is 13.2 Å². The molecule has 3 heterocycles. The Morgan fingerprint density at radius 1 is 1.60 bits per heavy atom. The van der Waals surface area contributed by atoms with Gasteiger partial charge in [-0.2, -0.15) is 0 Å². The predicted octanol–water partition coefficient (Wildman–Crippen LogP) is 1.03. The molecule has 1 unspecified atom stereocenters. The number of nitrogens with one attached hydrogen (secondary N) is 1. The van der Waals surface area contributed by atoms with Crippen molar-refractivity contribution in [2.24, 2.45) is 0 Å². The second-order valence-corrected chi connectivity index (χ2v) is 5.40. The van der Waals surface area contributed by atoms with Crippen molar-refractivity contribution in [3.05, 3.63) is 17.8 Å².